The molecule has 0 aliphatic heterocycles. The minimum Gasteiger partial charge on any atom is -0.481 e. The third kappa shape index (κ3) is 4.75. The summed E-state index contributed by atoms with van der Waals surface area (Å²) in [6.45, 7) is 3.65. The van der Waals surface area contributed by atoms with Gasteiger partial charge in [0.2, 0.25) is 0 Å². The fourth-order valence-electron chi connectivity index (χ4n) is 2.46. The number of anilines is 1. The van der Waals surface area contributed by atoms with E-state index in [1.807, 2.05) is 48.5 Å². The first-order valence-electron chi connectivity index (χ1n) is 8.84. The van der Waals surface area contributed by atoms with Gasteiger partial charge in [-0.05, 0) is 26.0 Å². The van der Waals surface area contributed by atoms with Gasteiger partial charge in [0.1, 0.15) is 10.6 Å². The standard InChI is InChI=1S/C21H20N2O4S/c1-3-26-20(25)18-17(15-10-6-4-7-11-15)22-21(28-18)23-19(24)14(2)27-16-12-8-5-9-13-16/h4-14H,3H2,1-2H3,(H,22,23,24). The second kappa shape index (κ2) is 9.14. The van der Waals surface area contributed by atoms with E-state index in [4.69, 9.17) is 9.47 Å². The minimum absolute atomic E-state index is 0.259. The van der Waals surface area contributed by atoms with E-state index in [0.717, 1.165) is 16.9 Å². The average Bonchev–Trinajstić information content (AvgIpc) is 3.13. The smallest absolute Gasteiger partial charge is 0.350 e. The number of amides is 1. The largest absolute Gasteiger partial charge is 0.481 e. The maximum absolute atomic E-state index is 12.5. The molecule has 1 N–H and O–H groups in total. The molecule has 2 aromatic carbocycles. The van der Waals surface area contributed by atoms with Crippen molar-refractivity contribution in [2.75, 3.05) is 11.9 Å². The van der Waals surface area contributed by atoms with Crippen LogP contribution in [0.5, 0.6) is 5.75 Å². The average molecular weight is 396 g/mol. The number of para-hydroxylation sites is 1. The number of benzene rings is 2. The second-order valence-electron chi connectivity index (χ2n) is 5.85. The van der Waals surface area contributed by atoms with Crippen LogP contribution in [0.3, 0.4) is 0 Å². The molecule has 0 radical (unpaired) electrons. The van der Waals surface area contributed by atoms with Gasteiger partial charge in [-0.2, -0.15) is 0 Å². The van der Waals surface area contributed by atoms with Gasteiger partial charge in [0.25, 0.3) is 5.91 Å². The van der Waals surface area contributed by atoms with Gasteiger partial charge in [-0.3, -0.25) is 10.1 Å². The van der Waals surface area contributed by atoms with Crippen LogP contribution in [0.4, 0.5) is 5.13 Å². The highest BCUT2D eigenvalue weighted by Gasteiger charge is 2.23. The molecule has 28 heavy (non-hydrogen) atoms. The SMILES string of the molecule is CCOC(=O)c1sc(NC(=O)C(C)Oc2ccccc2)nc1-c1ccccc1. The zero-order valence-electron chi connectivity index (χ0n) is 15.5. The number of hydrogen-bond donors (Lipinski definition) is 1. The van der Waals surface area contributed by atoms with Crippen molar-refractivity contribution in [3.63, 3.8) is 0 Å². The predicted molar refractivity (Wildman–Crippen MR) is 109 cm³/mol. The summed E-state index contributed by atoms with van der Waals surface area (Å²) >= 11 is 1.08. The Morgan fingerprint density at radius 3 is 2.36 bits per heavy atom. The Hall–Kier alpha value is -3.19. The molecule has 6 nitrogen and oxygen atoms in total. The van der Waals surface area contributed by atoms with Crippen molar-refractivity contribution in [2.24, 2.45) is 0 Å². The first-order valence-corrected chi connectivity index (χ1v) is 9.66. The van der Waals surface area contributed by atoms with E-state index in [2.05, 4.69) is 10.3 Å². The van der Waals surface area contributed by atoms with Crippen LogP contribution in [-0.2, 0) is 9.53 Å². The quantitative estimate of drug-likeness (QED) is 0.599. The Morgan fingerprint density at radius 1 is 1.07 bits per heavy atom. The van der Waals surface area contributed by atoms with Crippen molar-refractivity contribution in [3.8, 4) is 17.0 Å². The maximum atomic E-state index is 12.5. The summed E-state index contributed by atoms with van der Waals surface area (Å²) in [4.78, 5) is 29.6. The lowest BCUT2D eigenvalue weighted by Gasteiger charge is -2.13. The van der Waals surface area contributed by atoms with Gasteiger partial charge in [0.15, 0.2) is 11.2 Å². The Kier molecular flexibility index (Phi) is 6.39. The van der Waals surface area contributed by atoms with Crippen LogP contribution in [0.25, 0.3) is 11.3 Å². The number of aromatic nitrogens is 1. The van der Waals surface area contributed by atoms with E-state index in [1.165, 1.54) is 0 Å². The molecule has 0 spiro atoms. The van der Waals surface area contributed by atoms with Gasteiger partial charge in [-0.1, -0.05) is 59.9 Å². The Bertz CT molecular complexity index is 942. The van der Waals surface area contributed by atoms with Gasteiger partial charge in [-0.25, -0.2) is 9.78 Å². The zero-order chi connectivity index (χ0) is 19.9. The molecular formula is C21H20N2O4S. The van der Waals surface area contributed by atoms with Crippen LogP contribution >= 0.6 is 11.3 Å². The number of thiazole rings is 1. The van der Waals surface area contributed by atoms with E-state index in [9.17, 15) is 9.59 Å². The van der Waals surface area contributed by atoms with Crippen LogP contribution in [0, 0.1) is 0 Å². The van der Waals surface area contributed by atoms with E-state index in [0.29, 0.717) is 21.5 Å². The van der Waals surface area contributed by atoms with Crippen molar-refractivity contribution in [1.29, 1.82) is 0 Å². The van der Waals surface area contributed by atoms with Crippen LogP contribution in [-0.4, -0.2) is 29.6 Å². The van der Waals surface area contributed by atoms with Crippen LogP contribution in [0.2, 0.25) is 0 Å². The fourth-order valence-corrected chi connectivity index (χ4v) is 3.35. The van der Waals surface area contributed by atoms with Crippen LogP contribution in [0.15, 0.2) is 60.7 Å². The number of nitrogens with one attached hydrogen (secondary N) is 1. The van der Waals surface area contributed by atoms with Gasteiger partial charge in [0.05, 0.1) is 12.3 Å². The third-order valence-corrected chi connectivity index (χ3v) is 4.74. The lowest BCUT2D eigenvalue weighted by Crippen LogP contribution is -2.30. The molecule has 1 amide bonds. The fraction of sp³-hybridized carbons (Fsp3) is 0.190. The molecule has 144 valence electrons. The molecule has 1 unspecified atom stereocenters. The highest BCUT2D eigenvalue weighted by Crippen LogP contribution is 2.32. The van der Waals surface area contributed by atoms with Gasteiger partial charge in [0, 0.05) is 5.56 Å². The third-order valence-electron chi connectivity index (χ3n) is 3.79. The maximum Gasteiger partial charge on any atom is 0.350 e. The number of esters is 1. The van der Waals surface area contributed by atoms with Crippen molar-refractivity contribution in [3.05, 3.63) is 65.5 Å². The molecule has 3 aromatic rings. The predicted octanol–water partition coefficient (Wildman–Crippen LogP) is 4.39. The van der Waals surface area contributed by atoms with Gasteiger partial charge in [-0.15, -0.1) is 0 Å². The Labute approximate surface area is 167 Å². The van der Waals surface area contributed by atoms with Crippen molar-refractivity contribution in [1.82, 2.24) is 4.98 Å². The summed E-state index contributed by atoms with van der Waals surface area (Å²) in [5, 5.41) is 3.04. The van der Waals surface area contributed by atoms with Crippen molar-refractivity contribution < 1.29 is 19.1 Å². The number of carbonyl (C=O) groups is 2. The molecule has 0 fully saturated rings. The molecule has 0 aliphatic carbocycles. The van der Waals surface area contributed by atoms with Gasteiger partial charge >= 0.3 is 5.97 Å². The normalized spacial score (nSPS) is 11.5. The topological polar surface area (TPSA) is 77.5 Å². The molecule has 1 heterocycles. The zero-order valence-corrected chi connectivity index (χ0v) is 16.4. The summed E-state index contributed by atoms with van der Waals surface area (Å²) in [6.07, 6.45) is -0.725. The number of hydrogen-bond acceptors (Lipinski definition) is 6. The Balaban J connectivity index is 1.80. The highest BCUT2D eigenvalue weighted by molar-refractivity contribution is 7.18. The van der Waals surface area contributed by atoms with Crippen LogP contribution in [0.1, 0.15) is 23.5 Å². The molecule has 3 rings (SSSR count). The number of ether oxygens (including phenoxy) is 2. The molecule has 0 bridgehead atoms. The molecule has 7 heteroatoms. The molecule has 1 atom stereocenters. The molecule has 0 saturated heterocycles. The van der Waals surface area contributed by atoms with E-state index >= 15 is 0 Å². The van der Waals surface area contributed by atoms with Gasteiger partial charge < -0.3 is 9.47 Å². The number of carbonyl (C=O) groups excluding carboxylic acids is 2. The van der Waals surface area contributed by atoms with Crippen molar-refractivity contribution in [2.45, 2.75) is 20.0 Å². The monoisotopic (exact) mass is 396 g/mol. The van der Waals surface area contributed by atoms with E-state index in [1.54, 1.807) is 26.0 Å². The van der Waals surface area contributed by atoms with E-state index in [-0.39, 0.29) is 12.5 Å². The number of rotatable bonds is 7. The lowest BCUT2D eigenvalue weighted by molar-refractivity contribution is -0.122. The molecule has 0 aliphatic rings. The lowest BCUT2D eigenvalue weighted by atomic mass is 10.1. The summed E-state index contributed by atoms with van der Waals surface area (Å²) in [5.74, 6) is -0.220. The Morgan fingerprint density at radius 2 is 1.71 bits per heavy atom. The molecular weight excluding hydrogens is 376 g/mol. The first-order chi connectivity index (χ1) is 13.6. The summed E-state index contributed by atoms with van der Waals surface area (Å²) in [5.41, 5.74) is 1.26. The van der Waals surface area contributed by atoms with E-state index < -0.39 is 12.1 Å². The van der Waals surface area contributed by atoms with Crippen molar-refractivity contribution >= 4 is 28.3 Å². The summed E-state index contributed by atoms with van der Waals surface area (Å²) < 4.78 is 10.8. The first kappa shape index (κ1) is 19.6. The number of nitrogens with zero attached hydrogens (tertiary/aromatic N) is 1. The summed E-state index contributed by atoms with van der Waals surface area (Å²) in [6, 6.07) is 18.4. The molecule has 0 saturated carbocycles. The molecule has 1 aromatic heterocycles. The second-order valence-corrected chi connectivity index (χ2v) is 6.84. The highest BCUT2D eigenvalue weighted by atomic mass is 32.1. The van der Waals surface area contributed by atoms with Crippen LogP contribution < -0.4 is 10.1 Å². The summed E-state index contributed by atoms with van der Waals surface area (Å²) in [7, 11) is 0. The minimum atomic E-state index is -0.725.